The van der Waals surface area contributed by atoms with E-state index in [-0.39, 0.29) is 17.9 Å². The Labute approximate surface area is 138 Å². The summed E-state index contributed by atoms with van der Waals surface area (Å²) in [5, 5.41) is 2.98. The zero-order valence-electron chi connectivity index (χ0n) is 14.3. The van der Waals surface area contributed by atoms with Gasteiger partial charge in [0, 0.05) is 39.3 Å². The molecule has 1 heterocycles. The quantitative estimate of drug-likeness (QED) is 0.875. The van der Waals surface area contributed by atoms with E-state index in [9.17, 15) is 9.59 Å². The molecule has 2 amide bonds. The minimum absolute atomic E-state index is 0.0396. The van der Waals surface area contributed by atoms with Crippen LogP contribution in [0.3, 0.4) is 0 Å². The Balaban J connectivity index is 1.94. The molecule has 5 nitrogen and oxygen atoms in total. The summed E-state index contributed by atoms with van der Waals surface area (Å²) in [5.74, 6) is 0.0574. The van der Waals surface area contributed by atoms with Crippen molar-refractivity contribution in [1.29, 1.82) is 0 Å². The minimum Gasteiger partial charge on any atom is -0.378 e. The number of hydrogen-bond acceptors (Lipinski definition) is 3. The van der Waals surface area contributed by atoms with E-state index in [0.29, 0.717) is 19.5 Å². The van der Waals surface area contributed by atoms with Gasteiger partial charge >= 0.3 is 0 Å². The van der Waals surface area contributed by atoms with Crippen LogP contribution in [0, 0.1) is 0 Å². The Hall–Kier alpha value is -2.04. The third-order valence-electron chi connectivity index (χ3n) is 4.23. The van der Waals surface area contributed by atoms with Gasteiger partial charge in [-0.25, -0.2) is 0 Å². The monoisotopic (exact) mass is 317 g/mol. The summed E-state index contributed by atoms with van der Waals surface area (Å²) in [7, 11) is 3.99. The zero-order valence-corrected chi connectivity index (χ0v) is 14.3. The van der Waals surface area contributed by atoms with Gasteiger partial charge in [0.1, 0.15) is 6.04 Å². The highest BCUT2D eigenvalue weighted by atomic mass is 16.2. The summed E-state index contributed by atoms with van der Waals surface area (Å²) in [6.45, 7) is 3.18. The number of nitrogens with zero attached hydrogens (tertiary/aromatic N) is 2. The lowest BCUT2D eigenvalue weighted by molar-refractivity contribution is -0.138. The number of benzene rings is 1. The molecule has 126 valence electrons. The predicted molar refractivity (Wildman–Crippen MR) is 92.3 cm³/mol. The summed E-state index contributed by atoms with van der Waals surface area (Å²) in [4.78, 5) is 28.3. The first-order valence-corrected chi connectivity index (χ1v) is 8.36. The van der Waals surface area contributed by atoms with E-state index in [0.717, 1.165) is 30.5 Å². The summed E-state index contributed by atoms with van der Waals surface area (Å²) in [6, 6.07) is 7.79. The van der Waals surface area contributed by atoms with Crippen LogP contribution >= 0.6 is 0 Å². The molecule has 0 radical (unpaired) electrons. The van der Waals surface area contributed by atoms with Crippen molar-refractivity contribution >= 4 is 17.5 Å². The van der Waals surface area contributed by atoms with Gasteiger partial charge in [0.15, 0.2) is 0 Å². The third-order valence-corrected chi connectivity index (χ3v) is 4.23. The van der Waals surface area contributed by atoms with Crippen LogP contribution in [-0.2, 0) is 16.1 Å². The molecular weight excluding hydrogens is 290 g/mol. The molecule has 23 heavy (non-hydrogen) atoms. The topological polar surface area (TPSA) is 52.7 Å². The van der Waals surface area contributed by atoms with Gasteiger partial charge in [-0.05, 0) is 37.0 Å². The molecule has 1 aliphatic rings. The summed E-state index contributed by atoms with van der Waals surface area (Å²) < 4.78 is 0. The average Bonchev–Trinajstić information content (AvgIpc) is 3.03. The molecule has 0 unspecified atom stereocenters. The van der Waals surface area contributed by atoms with Crippen LogP contribution in [-0.4, -0.2) is 43.4 Å². The molecule has 1 saturated heterocycles. The van der Waals surface area contributed by atoms with E-state index in [1.54, 1.807) is 4.90 Å². The lowest BCUT2D eigenvalue weighted by atomic mass is 10.1. The maximum Gasteiger partial charge on any atom is 0.243 e. The highest BCUT2D eigenvalue weighted by Gasteiger charge is 2.33. The molecule has 1 aromatic carbocycles. The SMILES string of the molecule is CCCC(=O)N1CCC[C@@H]1C(=O)NCc1cccc(N(C)C)c1. The Morgan fingerprint density at radius 1 is 1.35 bits per heavy atom. The van der Waals surface area contributed by atoms with Crippen LogP contribution in [0.2, 0.25) is 0 Å². The predicted octanol–water partition coefficient (Wildman–Crippen LogP) is 2.16. The number of anilines is 1. The Morgan fingerprint density at radius 2 is 2.13 bits per heavy atom. The first-order chi connectivity index (χ1) is 11.0. The average molecular weight is 317 g/mol. The van der Waals surface area contributed by atoms with Crippen LogP contribution in [0.15, 0.2) is 24.3 Å². The number of amides is 2. The van der Waals surface area contributed by atoms with Crippen molar-refractivity contribution in [3.05, 3.63) is 29.8 Å². The fourth-order valence-electron chi connectivity index (χ4n) is 2.95. The number of hydrogen-bond donors (Lipinski definition) is 1. The van der Waals surface area contributed by atoms with Crippen molar-refractivity contribution in [2.45, 2.75) is 45.2 Å². The number of carbonyl (C=O) groups excluding carboxylic acids is 2. The first-order valence-electron chi connectivity index (χ1n) is 8.36. The van der Waals surface area contributed by atoms with Crippen LogP contribution in [0.25, 0.3) is 0 Å². The van der Waals surface area contributed by atoms with Gasteiger partial charge in [-0.15, -0.1) is 0 Å². The lowest BCUT2D eigenvalue weighted by Crippen LogP contribution is -2.45. The highest BCUT2D eigenvalue weighted by Crippen LogP contribution is 2.19. The first kappa shape index (κ1) is 17.3. The lowest BCUT2D eigenvalue weighted by Gasteiger charge is -2.24. The van der Waals surface area contributed by atoms with Crippen molar-refractivity contribution in [3.8, 4) is 0 Å². The Morgan fingerprint density at radius 3 is 2.83 bits per heavy atom. The van der Waals surface area contributed by atoms with Gasteiger partial charge < -0.3 is 15.1 Å². The van der Waals surface area contributed by atoms with E-state index >= 15 is 0 Å². The van der Waals surface area contributed by atoms with Crippen LogP contribution < -0.4 is 10.2 Å². The number of rotatable bonds is 6. The van der Waals surface area contributed by atoms with E-state index < -0.39 is 0 Å². The van der Waals surface area contributed by atoms with E-state index in [2.05, 4.69) is 11.4 Å². The largest absolute Gasteiger partial charge is 0.378 e. The van der Waals surface area contributed by atoms with E-state index in [1.165, 1.54) is 0 Å². The van der Waals surface area contributed by atoms with Crippen LogP contribution in [0.5, 0.6) is 0 Å². The minimum atomic E-state index is -0.300. The smallest absolute Gasteiger partial charge is 0.243 e. The van der Waals surface area contributed by atoms with Crippen LogP contribution in [0.1, 0.15) is 38.2 Å². The molecule has 5 heteroatoms. The fourth-order valence-corrected chi connectivity index (χ4v) is 2.95. The molecule has 0 aromatic heterocycles. The molecule has 0 spiro atoms. The van der Waals surface area contributed by atoms with Crippen molar-refractivity contribution in [2.24, 2.45) is 0 Å². The second kappa shape index (κ2) is 7.99. The zero-order chi connectivity index (χ0) is 16.8. The third kappa shape index (κ3) is 4.47. The van der Waals surface area contributed by atoms with Gasteiger partial charge in [0.2, 0.25) is 11.8 Å². The van der Waals surface area contributed by atoms with Crippen molar-refractivity contribution < 1.29 is 9.59 Å². The normalized spacial score (nSPS) is 17.2. The Kier molecular flexibility index (Phi) is 6.02. The molecule has 2 rings (SSSR count). The van der Waals surface area contributed by atoms with E-state index in [1.807, 2.05) is 44.1 Å². The molecule has 1 fully saturated rings. The summed E-state index contributed by atoms with van der Waals surface area (Å²) in [5.41, 5.74) is 2.17. The van der Waals surface area contributed by atoms with Crippen molar-refractivity contribution in [1.82, 2.24) is 10.2 Å². The van der Waals surface area contributed by atoms with Gasteiger partial charge in [0.05, 0.1) is 0 Å². The van der Waals surface area contributed by atoms with Crippen molar-refractivity contribution in [2.75, 3.05) is 25.5 Å². The second-order valence-electron chi connectivity index (χ2n) is 6.28. The molecule has 1 aromatic rings. The van der Waals surface area contributed by atoms with Gasteiger partial charge in [-0.1, -0.05) is 19.1 Å². The standard InChI is InChI=1S/C18H27N3O2/c1-4-7-17(22)21-11-6-10-16(21)18(23)19-13-14-8-5-9-15(12-14)20(2)3/h5,8-9,12,16H,4,6-7,10-11,13H2,1-3H3,(H,19,23)/t16-/m1/s1. The fraction of sp³-hybridized carbons (Fsp3) is 0.556. The number of carbonyl (C=O) groups is 2. The van der Waals surface area contributed by atoms with Gasteiger partial charge in [0.25, 0.3) is 0 Å². The van der Waals surface area contributed by atoms with E-state index in [4.69, 9.17) is 0 Å². The van der Waals surface area contributed by atoms with Gasteiger partial charge in [-0.2, -0.15) is 0 Å². The number of likely N-dealkylation sites (tertiary alicyclic amines) is 1. The molecule has 0 saturated carbocycles. The van der Waals surface area contributed by atoms with Gasteiger partial charge in [-0.3, -0.25) is 9.59 Å². The summed E-state index contributed by atoms with van der Waals surface area (Å²) >= 11 is 0. The molecule has 1 atom stereocenters. The highest BCUT2D eigenvalue weighted by molar-refractivity contribution is 5.88. The maximum absolute atomic E-state index is 12.4. The maximum atomic E-state index is 12.4. The molecule has 0 bridgehead atoms. The molecule has 0 aliphatic carbocycles. The van der Waals surface area contributed by atoms with Crippen molar-refractivity contribution in [3.63, 3.8) is 0 Å². The second-order valence-corrected chi connectivity index (χ2v) is 6.28. The molecular formula is C18H27N3O2. The summed E-state index contributed by atoms with van der Waals surface area (Å²) in [6.07, 6.45) is 3.01. The number of nitrogens with one attached hydrogen (secondary N) is 1. The molecule has 1 N–H and O–H groups in total. The molecule has 1 aliphatic heterocycles. The Bertz CT molecular complexity index is 557. The van der Waals surface area contributed by atoms with Crippen LogP contribution in [0.4, 0.5) is 5.69 Å².